The first-order valence-corrected chi connectivity index (χ1v) is 4.06. The lowest BCUT2D eigenvalue weighted by atomic mass is 9.97. The van der Waals surface area contributed by atoms with Crippen molar-refractivity contribution in [3.63, 3.8) is 0 Å². The molecule has 5 heteroatoms. The molecule has 2 saturated heterocycles. The molecule has 2 atom stereocenters. The minimum absolute atomic E-state index is 0.166. The van der Waals surface area contributed by atoms with Crippen molar-refractivity contribution in [1.29, 1.82) is 0 Å². The third-order valence-electron chi connectivity index (χ3n) is 2.91. The highest BCUT2D eigenvalue weighted by Crippen LogP contribution is 2.39. The molecular formula is C8H9NO4. The van der Waals surface area contributed by atoms with E-state index in [4.69, 9.17) is 5.11 Å². The van der Waals surface area contributed by atoms with E-state index in [2.05, 4.69) is 0 Å². The number of amides is 1. The number of Topliss-reactive ketones (excluding diaryl/α,β-unsaturated/α-hetero) is 1. The average Bonchev–Trinajstić information content (AvgIpc) is 2.21. The Kier molecular flexibility index (Phi) is 1.33. The average molecular weight is 183 g/mol. The molecule has 0 saturated carbocycles. The van der Waals surface area contributed by atoms with Gasteiger partial charge in [-0.05, 0) is 6.92 Å². The number of hydrogen-bond donors (Lipinski definition) is 1. The summed E-state index contributed by atoms with van der Waals surface area (Å²) in [5, 5.41) is 8.87. The third kappa shape index (κ3) is 0.740. The second-order valence-corrected chi connectivity index (χ2v) is 3.63. The van der Waals surface area contributed by atoms with Gasteiger partial charge in [-0.25, -0.2) is 4.79 Å². The molecule has 0 aromatic rings. The summed E-state index contributed by atoms with van der Waals surface area (Å²) in [7, 11) is 0. The minimum atomic E-state index is -1.60. The van der Waals surface area contributed by atoms with Crippen LogP contribution in [0.2, 0.25) is 0 Å². The molecule has 2 unspecified atom stereocenters. The summed E-state index contributed by atoms with van der Waals surface area (Å²) in [6.07, 6.45) is 0.503. The van der Waals surface area contributed by atoms with Gasteiger partial charge >= 0.3 is 5.97 Å². The molecule has 0 aromatic heterocycles. The van der Waals surface area contributed by atoms with Gasteiger partial charge in [0.05, 0.1) is 0 Å². The van der Waals surface area contributed by atoms with Crippen LogP contribution in [0, 0.1) is 0 Å². The molecule has 2 aliphatic rings. The lowest BCUT2D eigenvalue weighted by molar-refractivity contribution is -0.166. The Bertz CT molecular complexity index is 324. The van der Waals surface area contributed by atoms with Crippen molar-refractivity contribution in [3.05, 3.63) is 0 Å². The molecule has 2 rings (SSSR count). The Balaban J connectivity index is 2.41. The zero-order valence-corrected chi connectivity index (χ0v) is 7.11. The van der Waals surface area contributed by atoms with E-state index in [-0.39, 0.29) is 24.2 Å². The summed E-state index contributed by atoms with van der Waals surface area (Å²) in [5.41, 5.74) is -1.60. The molecule has 70 valence electrons. The van der Waals surface area contributed by atoms with Crippen LogP contribution >= 0.6 is 0 Å². The number of carbonyl (C=O) groups excluding carboxylic acids is 2. The number of nitrogens with zero attached hydrogens (tertiary/aromatic N) is 1. The summed E-state index contributed by atoms with van der Waals surface area (Å²) < 4.78 is 0. The van der Waals surface area contributed by atoms with Crippen LogP contribution in [-0.4, -0.2) is 39.2 Å². The number of β-lactam (4-membered cyclic amide) rings is 1. The second kappa shape index (κ2) is 2.10. The van der Waals surface area contributed by atoms with Gasteiger partial charge in [-0.3, -0.25) is 9.59 Å². The van der Waals surface area contributed by atoms with Crippen molar-refractivity contribution >= 4 is 17.7 Å². The van der Waals surface area contributed by atoms with E-state index in [0.717, 1.165) is 0 Å². The Hall–Kier alpha value is -1.39. The summed E-state index contributed by atoms with van der Waals surface area (Å²) in [6, 6.07) is -0.166. The summed E-state index contributed by atoms with van der Waals surface area (Å²) in [4.78, 5) is 34.5. The molecule has 2 heterocycles. The van der Waals surface area contributed by atoms with Gasteiger partial charge in [0, 0.05) is 18.9 Å². The number of carboxylic acid groups (broad SMARTS) is 1. The summed E-state index contributed by atoms with van der Waals surface area (Å²) in [6.45, 7) is 1.30. The van der Waals surface area contributed by atoms with Crippen molar-refractivity contribution in [1.82, 2.24) is 4.90 Å². The first kappa shape index (κ1) is 8.22. The maximum atomic E-state index is 11.4. The van der Waals surface area contributed by atoms with Crippen molar-refractivity contribution in [2.45, 2.75) is 31.3 Å². The predicted molar refractivity (Wildman–Crippen MR) is 40.9 cm³/mol. The van der Waals surface area contributed by atoms with Crippen molar-refractivity contribution in [2.24, 2.45) is 0 Å². The monoisotopic (exact) mass is 183 g/mol. The van der Waals surface area contributed by atoms with E-state index in [9.17, 15) is 14.4 Å². The summed E-state index contributed by atoms with van der Waals surface area (Å²) >= 11 is 0. The van der Waals surface area contributed by atoms with Gasteiger partial charge in [0.15, 0.2) is 11.3 Å². The molecule has 2 aliphatic heterocycles. The fourth-order valence-electron chi connectivity index (χ4n) is 2.03. The predicted octanol–water partition coefficient (Wildman–Crippen LogP) is -0.597. The highest BCUT2D eigenvalue weighted by atomic mass is 16.4. The third-order valence-corrected chi connectivity index (χ3v) is 2.91. The van der Waals surface area contributed by atoms with Gasteiger partial charge in [0.1, 0.15) is 0 Å². The molecule has 1 N–H and O–H groups in total. The van der Waals surface area contributed by atoms with E-state index in [1.807, 2.05) is 0 Å². The molecule has 0 radical (unpaired) electrons. The van der Waals surface area contributed by atoms with Crippen molar-refractivity contribution in [2.75, 3.05) is 0 Å². The van der Waals surface area contributed by atoms with Crippen LogP contribution in [0.25, 0.3) is 0 Å². The second-order valence-electron chi connectivity index (χ2n) is 3.63. The zero-order valence-electron chi connectivity index (χ0n) is 7.11. The molecule has 13 heavy (non-hydrogen) atoms. The van der Waals surface area contributed by atoms with Crippen molar-refractivity contribution in [3.8, 4) is 0 Å². The van der Waals surface area contributed by atoms with E-state index in [0.29, 0.717) is 6.42 Å². The van der Waals surface area contributed by atoms with E-state index in [1.165, 1.54) is 11.8 Å². The Morgan fingerprint density at radius 3 is 2.54 bits per heavy atom. The fraction of sp³-hybridized carbons (Fsp3) is 0.625. The van der Waals surface area contributed by atoms with Gasteiger partial charge in [-0.2, -0.15) is 0 Å². The van der Waals surface area contributed by atoms with Crippen LogP contribution in [-0.2, 0) is 14.4 Å². The molecule has 0 spiro atoms. The van der Waals surface area contributed by atoms with E-state index < -0.39 is 11.5 Å². The molecule has 2 fully saturated rings. The normalized spacial score (nSPS) is 37.3. The quantitative estimate of drug-likeness (QED) is 0.435. The van der Waals surface area contributed by atoms with Crippen LogP contribution in [0.4, 0.5) is 0 Å². The Morgan fingerprint density at radius 2 is 2.15 bits per heavy atom. The Morgan fingerprint density at radius 1 is 1.54 bits per heavy atom. The van der Waals surface area contributed by atoms with Crippen LogP contribution in [0.15, 0.2) is 0 Å². The SMILES string of the molecule is CC1(C(=O)O)C(=O)CC2CC(=O)N21. The van der Waals surface area contributed by atoms with E-state index in [1.54, 1.807) is 0 Å². The number of rotatable bonds is 1. The number of aliphatic carboxylic acids is 1. The summed E-state index contributed by atoms with van der Waals surface area (Å²) in [5.74, 6) is -1.83. The first-order chi connectivity index (χ1) is 5.98. The highest BCUT2D eigenvalue weighted by Gasteiger charge is 2.62. The van der Waals surface area contributed by atoms with Gasteiger partial charge in [-0.15, -0.1) is 0 Å². The van der Waals surface area contributed by atoms with Gasteiger partial charge in [0.2, 0.25) is 5.91 Å². The molecule has 0 aromatic carbocycles. The standard InChI is InChI=1S/C8H9NO4/c1-8(7(12)13)5(10)2-4-3-6(11)9(4)8/h4H,2-3H2,1H3,(H,12,13). The molecule has 1 amide bonds. The minimum Gasteiger partial charge on any atom is -0.479 e. The molecule has 0 bridgehead atoms. The maximum absolute atomic E-state index is 11.4. The molecular weight excluding hydrogens is 174 g/mol. The smallest absolute Gasteiger partial charge is 0.337 e. The van der Waals surface area contributed by atoms with E-state index >= 15 is 0 Å². The van der Waals surface area contributed by atoms with Crippen molar-refractivity contribution < 1.29 is 19.5 Å². The lowest BCUT2D eigenvalue weighted by Crippen LogP contribution is -2.62. The number of carbonyl (C=O) groups is 3. The lowest BCUT2D eigenvalue weighted by Gasteiger charge is -2.41. The number of carboxylic acids is 1. The fourth-order valence-corrected chi connectivity index (χ4v) is 2.03. The van der Waals surface area contributed by atoms with Crippen LogP contribution in [0.3, 0.4) is 0 Å². The highest BCUT2D eigenvalue weighted by molar-refractivity contribution is 6.14. The van der Waals surface area contributed by atoms with Crippen LogP contribution in [0.5, 0.6) is 0 Å². The Labute approximate surface area is 74.3 Å². The molecule has 0 aliphatic carbocycles. The van der Waals surface area contributed by atoms with Gasteiger partial charge in [0.25, 0.3) is 0 Å². The molecule has 5 nitrogen and oxygen atoms in total. The number of fused-ring (bicyclic) bond motifs is 1. The first-order valence-electron chi connectivity index (χ1n) is 4.06. The maximum Gasteiger partial charge on any atom is 0.337 e. The van der Waals surface area contributed by atoms with Gasteiger partial charge < -0.3 is 10.0 Å². The van der Waals surface area contributed by atoms with Crippen LogP contribution in [0.1, 0.15) is 19.8 Å². The number of ketones is 1. The largest absolute Gasteiger partial charge is 0.479 e. The van der Waals surface area contributed by atoms with Crippen LogP contribution < -0.4 is 0 Å². The zero-order chi connectivity index (χ0) is 9.80. The van der Waals surface area contributed by atoms with Gasteiger partial charge in [-0.1, -0.05) is 0 Å². The number of hydrogen-bond acceptors (Lipinski definition) is 3. The topological polar surface area (TPSA) is 74.7 Å².